The fraction of sp³-hybridized carbons (Fsp3) is 0.222. The number of nitrogens with one attached hydrogen (secondary N) is 1. The number of pyridine rings is 1. The van der Waals surface area contributed by atoms with Crippen molar-refractivity contribution in [2.45, 2.75) is 26.7 Å². The number of nitrogens with zero attached hydrogens (tertiary/aromatic N) is 2. The second kappa shape index (κ2) is 5.64. The molecular formula is C18H19N3O. The van der Waals surface area contributed by atoms with E-state index in [0.717, 1.165) is 22.5 Å². The lowest BCUT2D eigenvalue weighted by Gasteiger charge is -2.12. The maximum absolute atomic E-state index is 12.5. The number of aryl methyl sites for hydroxylation is 1. The third-order valence-electron chi connectivity index (χ3n) is 3.68. The summed E-state index contributed by atoms with van der Waals surface area (Å²) in [6.45, 7) is 6.23. The molecule has 0 aliphatic rings. The number of amides is 1. The van der Waals surface area contributed by atoms with E-state index in [-0.39, 0.29) is 5.91 Å². The van der Waals surface area contributed by atoms with Crippen molar-refractivity contribution < 1.29 is 4.79 Å². The average molecular weight is 293 g/mol. The molecule has 0 bridgehead atoms. The zero-order valence-electron chi connectivity index (χ0n) is 13.0. The van der Waals surface area contributed by atoms with Crippen LogP contribution in [-0.2, 0) is 0 Å². The Balaban J connectivity index is 1.90. The zero-order chi connectivity index (χ0) is 15.7. The highest BCUT2D eigenvalue weighted by molar-refractivity contribution is 6.03. The van der Waals surface area contributed by atoms with Crippen LogP contribution in [-0.4, -0.2) is 15.3 Å². The summed E-state index contributed by atoms with van der Waals surface area (Å²) < 4.78 is 1.86. The molecule has 2 heterocycles. The minimum atomic E-state index is -0.186. The predicted octanol–water partition coefficient (Wildman–Crippen LogP) is 4.02. The average Bonchev–Trinajstić information content (AvgIpc) is 2.90. The van der Waals surface area contributed by atoms with Crippen LogP contribution in [0.15, 0.2) is 48.8 Å². The van der Waals surface area contributed by atoms with Gasteiger partial charge >= 0.3 is 0 Å². The molecule has 0 saturated heterocycles. The Bertz CT molecular complexity index is 833. The van der Waals surface area contributed by atoms with Crippen molar-refractivity contribution in [2.24, 2.45) is 0 Å². The number of carbonyl (C=O) groups excluding carboxylic acids is 1. The lowest BCUT2D eigenvalue weighted by molar-refractivity contribution is 0.102. The molecule has 1 N–H and O–H groups in total. The molecule has 0 spiro atoms. The van der Waals surface area contributed by atoms with Crippen LogP contribution in [0.5, 0.6) is 0 Å². The standard InChI is InChI=1S/C18H19N3O/c1-12(2)14-6-4-5-7-15(14)20-18(22)16-11-21-9-8-13(3)10-17(21)19-16/h4-12H,1-3H3,(H,20,22). The van der Waals surface area contributed by atoms with E-state index in [9.17, 15) is 4.79 Å². The van der Waals surface area contributed by atoms with Crippen molar-refractivity contribution in [3.8, 4) is 0 Å². The fourth-order valence-corrected chi connectivity index (χ4v) is 2.49. The van der Waals surface area contributed by atoms with Crippen LogP contribution in [0.25, 0.3) is 5.65 Å². The van der Waals surface area contributed by atoms with Crippen molar-refractivity contribution in [1.29, 1.82) is 0 Å². The Morgan fingerprint density at radius 1 is 1.23 bits per heavy atom. The van der Waals surface area contributed by atoms with Crippen molar-refractivity contribution >= 4 is 17.2 Å². The summed E-state index contributed by atoms with van der Waals surface area (Å²) in [7, 11) is 0. The van der Waals surface area contributed by atoms with Gasteiger partial charge in [0, 0.05) is 18.1 Å². The maximum Gasteiger partial charge on any atom is 0.275 e. The van der Waals surface area contributed by atoms with E-state index in [1.54, 1.807) is 6.20 Å². The number of hydrogen-bond donors (Lipinski definition) is 1. The molecule has 4 heteroatoms. The van der Waals surface area contributed by atoms with Gasteiger partial charge in [0.05, 0.1) is 0 Å². The second-order valence-corrected chi connectivity index (χ2v) is 5.79. The third-order valence-corrected chi connectivity index (χ3v) is 3.68. The molecule has 0 aliphatic carbocycles. The van der Waals surface area contributed by atoms with Gasteiger partial charge in [0.25, 0.3) is 5.91 Å². The highest BCUT2D eigenvalue weighted by atomic mass is 16.1. The van der Waals surface area contributed by atoms with Crippen LogP contribution in [0.4, 0.5) is 5.69 Å². The normalized spacial score (nSPS) is 11.1. The van der Waals surface area contributed by atoms with Gasteiger partial charge in [-0.05, 0) is 42.2 Å². The highest BCUT2D eigenvalue weighted by Gasteiger charge is 2.13. The Morgan fingerprint density at radius 3 is 2.77 bits per heavy atom. The van der Waals surface area contributed by atoms with Gasteiger partial charge in [-0.2, -0.15) is 0 Å². The Kier molecular flexibility index (Phi) is 3.67. The van der Waals surface area contributed by atoms with Crippen molar-refractivity contribution in [3.05, 3.63) is 65.6 Å². The van der Waals surface area contributed by atoms with E-state index in [1.165, 1.54) is 0 Å². The smallest absolute Gasteiger partial charge is 0.275 e. The van der Waals surface area contributed by atoms with Crippen LogP contribution in [0, 0.1) is 6.92 Å². The van der Waals surface area contributed by atoms with Crippen LogP contribution in [0.3, 0.4) is 0 Å². The monoisotopic (exact) mass is 293 g/mol. The van der Waals surface area contributed by atoms with E-state index in [2.05, 4.69) is 24.1 Å². The first-order valence-corrected chi connectivity index (χ1v) is 7.40. The number of hydrogen-bond acceptors (Lipinski definition) is 2. The molecule has 0 saturated carbocycles. The highest BCUT2D eigenvalue weighted by Crippen LogP contribution is 2.24. The van der Waals surface area contributed by atoms with Crippen LogP contribution in [0.2, 0.25) is 0 Å². The molecule has 0 aliphatic heterocycles. The quantitative estimate of drug-likeness (QED) is 0.793. The second-order valence-electron chi connectivity index (χ2n) is 5.79. The summed E-state index contributed by atoms with van der Waals surface area (Å²) in [6, 6.07) is 11.8. The molecule has 2 aromatic heterocycles. The molecular weight excluding hydrogens is 274 g/mol. The zero-order valence-corrected chi connectivity index (χ0v) is 13.0. The lowest BCUT2D eigenvalue weighted by Crippen LogP contribution is -2.14. The van der Waals surface area contributed by atoms with E-state index in [1.807, 2.05) is 53.9 Å². The Morgan fingerprint density at radius 2 is 2.00 bits per heavy atom. The van der Waals surface area contributed by atoms with Gasteiger partial charge in [0.15, 0.2) is 0 Å². The number of aromatic nitrogens is 2. The molecule has 0 atom stereocenters. The first-order chi connectivity index (χ1) is 10.5. The van der Waals surface area contributed by atoms with Crippen LogP contribution in [0.1, 0.15) is 41.4 Å². The fourth-order valence-electron chi connectivity index (χ4n) is 2.49. The van der Waals surface area contributed by atoms with Crippen molar-refractivity contribution in [2.75, 3.05) is 5.32 Å². The summed E-state index contributed by atoms with van der Waals surface area (Å²) in [4.78, 5) is 16.9. The molecule has 4 nitrogen and oxygen atoms in total. The summed E-state index contributed by atoms with van der Waals surface area (Å²) in [5.41, 5.74) is 4.29. The van der Waals surface area contributed by atoms with Gasteiger partial charge in [0.2, 0.25) is 0 Å². The van der Waals surface area contributed by atoms with E-state index >= 15 is 0 Å². The number of anilines is 1. The first-order valence-electron chi connectivity index (χ1n) is 7.40. The van der Waals surface area contributed by atoms with Crippen molar-refractivity contribution in [1.82, 2.24) is 9.38 Å². The maximum atomic E-state index is 12.5. The summed E-state index contributed by atoms with van der Waals surface area (Å²) in [6.07, 6.45) is 3.67. The number of carbonyl (C=O) groups is 1. The number of imidazole rings is 1. The number of para-hydroxylation sites is 1. The van der Waals surface area contributed by atoms with Gasteiger partial charge in [-0.1, -0.05) is 32.0 Å². The van der Waals surface area contributed by atoms with Gasteiger partial charge in [0.1, 0.15) is 11.3 Å². The van der Waals surface area contributed by atoms with Gasteiger partial charge < -0.3 is 9.72 Å². The first kappa shape index (κ1) is 14.3. The van der Waals surface area contributed by atoms with Gasteiger partial charge in [-0.15, -0.1) is 0 Å². The molecule has 0 radical (unpaired) electrons. The van der Waals surface area contributed by atoms with Crippen LogP contribution >= 0.6 is 0 Å². The van der Waals surface area contributed by atoms with E-state index < -0.39 is 0 Å². The molecule has 1 amide bonds. The van der Waals surface area contributed by atoms with E-state index in [0.29, 0.717) is 11.6 Å². The van der Waals surface area contributed by atoms with Crippen molar-refractivity contribution in [3.63, 3.8) is 0 Å². The predicted molar refractivity (Wildman–Crippen MR) is 88.4 cm³/mol. The Hall–Kier alpha value is -2.62. The largest absolute Gasteiger partial charge is 0.320 e. The summed E-state index contributed by atoms with van der Waals surface area (Å²) in [5.74, 6) is 0.162. The Labute approximate surface area is 129 Å². The molecule has 3 aromatic rings. The third kappa shape index (κ3) is 2.72. The lowest BCUT2D eigenvalue weighted by atomic mass is 10.0. The number of rotatable bonds is 3. The molecule has 0 fully saturated rings. The molecule has 1 aromatic carbocycles. The topological polar surface area (TPSA) is 46.4 Å². The summed E-state index contributed by atoms with van der Waals surface area (Å²) in [5, 5.41) is 2.97. The number of fused-ring (bicyclic) bond motifs is 1. The number of benzene rings is 1. The summed E-state index contributed by atoms with van der Waals surface area (Å²) >= 11 is 0. The SMILES string of the molecule is Cc1ccn2cc(C(=O)Nc3ccccc3C(C)C)nc2c1. The van der Waals surface area contributed by atoms with Gasteiger partial charge in [-0.25, -0.2) is 4.98 Å². The molecule has 112 valence electrons. The molecule has 22 heavy (non-hydrogen) atoms. The minimum Gasteiger partial charge on any atom is -0.320 e. The molecule has 3 rings (SSSR count). The van der Waals surface area contributed by atoms with E-state index in [4.69, 9.17) is 0 Å². The van der Waals surface area contributed by atoms with Crippen LogP contribution < -0.4 is 5.32 Å². The molecule has 0 unspecified atom stereocenters. The van der Waals surface area contributed by atoms with Gasteiger partial charge in [-0.3, -0.25) is 4.79 Å². The minimum absolute atomic E-state index is 0.186.